The molecule has 1 aliphatic carbocycles. The van der Waals surface area contributed by atoms with E-state index in [1.165, 1.54) is 41.0 Å². The number of aromatic nitrogens is 2. The van der Waals surface area contributed by atoms with Gasteiger partial charge >= 0.3 is 0 Å². The number of hydrogen-bond acceptors (Lipinski definition) is 4. The maximum absolute atomic E-state index is 13.2. The smallest absolute Gasteiger partial charge is 0.283 e. The van der Waals surface area contributed by atoms with Crippen molar-refractivity contribution in [2.75, 3.05) is 0 Å². The highest BCUT2D eigenvalue weighted by Crippen LogP contribution is 2.30. The number of halogens is 1. The molecule has 2 aromatic carbocycles. The summed E-state index contributed by atoms with van der Waals surface area (Å²) in [6.07, 6.45) is 4.91. The zero-order valence-corrected chi connectivity index (χ0v) is 17.4. The van der Waals surface area contributed by atoms with Crippen LogP contribution in [0.3, 0.4) is 0 Å². The first-order chi connectivity index (χ1) is 14.3. The van der Waals surface area contributed by atoms with Crippen LogP contribution in [0.25, 0.3) is 11.5 Å². The number of imidazole rings is 1. The Labute approximate surface area is 178 Å². The molecule has 1 aromatic heterocycles. The number of Topliss-reactive ketones (excluding diaryl/α,β-unsaturated/α-hetero) is 1. The highest BCUT2D eigenvalue weighted by molar-refractivity contribution is 7.90. The molecule has 1 aliphatic rings. The van der Waals surface area contributed by atoms with Crippen LogP contribution in [0.4, 0.5) is 0 Å². The second kappa shape index (κ2) is 7.55. The van der Waals surface area contributed by atoms with Crippen molar-refractivity contribution in [3.8, 4) is 0 Å². The molecule has 4 rings (SSSR count). The van der Waals surface area contributed by atoms with Gasteiger partial charge in [-0.1, -0.05) is 35.9 Å². The van der Waals surface area contributed by atoms with Gasteiger partial charge in [-0.05, 0) is 42.5 Å². The van der Waals surface area contributed by atoms with E-state index in [-0.39, 0.29) is 21.7 Å². The molecule has 3 aromatic rings. The summed E-state index contributed by atoms with van der Waals surface area (Å²) in [6.45, 7) is 2.55. The predicted molar refractivity (Wildman–Crippen MR) is 110 cm³/mol. The first-order valence-corrected chi connectivity index (χ1v) is 10.9. The predicted octanol–water partition coefficient (Wildman–Crippen LogP) is 2.16. The van der Waals surface area contributed by atoms with Gasteiger partial charge in [0.05, 0.1) is 11.4 Å². The Morgan fingerprint density at radius 3 is 2.40 bits per heavy atom. The molecule has 152 valence electrons. The van der Waals surface area contributed by atoms with Crippen molar-refractivity contribution < 1.29 is 22.9 Å². The van der Waals surface area contributed by atoms with E-state index in [1.807, 2.05) is 6.92 Å². The summed E-state index contributed by atoms with van der Waals surface area (Å²) in [7, 11) is -4.26. The molecule has 0 saturated heterocycles. The van der Waals surface area contributed by atoms with Crippen LogP contribution < -0.4 is 9.67 Å². The van der Waals surface area contributed by atoms with Gasteiger partial charge in [0.1, 0.15) is 12.4 Å². The van der Waals surface area contributed by atoms with Gasteiger partial charge in [-0.3, -0.25) is 4.79 Å². The summed E-state index contributed by atoms with van der Waals surface area (Å²) in [5.41, 5.74) is -0.208. The van der Waals surface area contributed by atoms with Crippen LogP contribution in [-0.2, 0) is 16.6 Å². The molecular weight excluding hydrogens is 426 g/mol. The number of fused-ring (bicyclic) bond motifs is 1. The summed E-state index contributed by atoms with van der Waals surface area (Å²) in [4.78, 5) is 13.0. The van der Waals surface area contributed by atoms with E-state index < -0.39 is 27.3 Å². The lowest BCUT2D eigenvalue weighted by atomic mass is 9.91. The molecule has 0 fully saturated rings. The molecule has 0 atom stereocenters. The Morgan fingerprint density at radius 1 is 1.10 bits per heavy atom. The van der Waals surface area contributed by atoms with Gasteiger partial charge in [0, 0.05) is 10.6 Å². The van der Waals surface area contributed by atoms with Crippen molar-refractivity contribution in [3.63, 3.8) is 0 Å². The van der Waals surface area contributed by atoms with Gasteiger partial charge in [0.15, 0.2) is 11.4 Å². The van der Waals surface area contributed by atoms with Gasteiger partial charge in [0.25, 0.3) is 10.0 Å². The van der Waals surface area contributed by atoms with Gasteiger partial charge in [-0.15, -0.1) is 0 Å². The van der Waals surface area contributed by atoms with Gasteiger partial charge in [0.2, 0.25) is 12.1 Å². The zero-order chi connectivity index (χ0) is 21.5. The number of rotatable bonds is 4. The second-order valence-electron chi connectivity index (χ2n) is 6.57. The molecule has 0 N–H and O–H groups in total. The maximum Gasteiger partial charge on any atom is 0.283 e. The monoisotopic (exact) mass is 441 g/mol. The molecule has 0 amide bonds. The van der Waals surface area contributed by atoms with Crippen LogP contribution >= 0.6 is 11.6 Å². The quantitative estimate of drug-likeness (QED) is 0.579. The van der Waals surface area contributed by atoms with Crippen LogP contribution in [-0.4, -0.2) is 24.5 Å². The standard InChI is InChI=1S/C21H16ClN3O4S/c1-2-24-11-12-25(13-24)19-18(20(26)16-5-3-4-6-17(16)21(19)27)23-30(28,29)15-9-7-14(22)8-10-15/h3-13H,2H2,1H3. The lowest BCUT2D eigenvalue weighted by molar-refractivity contribution is -0.692. The number of ketones is 1. The van der Waals surface area contributed by atoms with E-state index in [0.29, 0.717) is 11.6 Å². The fourth-order valence-corrected chi connectivity index (χ4v) is 4.29. The van der Waals surface area contributed by atoms with E-state index in [2.05, 4.69) is 4.40 Å². The highest BCUT2D eigenvalue weighted by Gasteiger charge is 2.33. The van der Waals surface area contributed by atoms with Crippen molar-refractivity contribution in [2.45, 2.75) is 18.4 Å². The van der Waals surface area contributed by atoms with Crippen LogP contribution in [0.5, 0.6) is 0 Å². The summed E-state index contributed by atoms with van der Waals surface area (Å²) in [5, 5.41) is 13.6. The average Bonchev–Trinajstić information content (AvgIpc) is 3.21. The fourth-order valence-electron chi connectivity index (χ4n) is 3.17. The van der Waals surface area contributed by atoms with Crippen molar-refractivity contribution in [1.82, 2.24) is 4.57 Å². The number of hydrogen-bond donors (Lipinski definition) is 0. The first-order valence-electron chi connectivity index (χ1n) is 9.05. The molecule has 9 heteroatoms. The van der Waals surface area contributed by atoms with E-state index in [0.717, 1.165) is 0 Å². The van der Waals surface area contributed by atoms with Gasteiger partial charge in [-0.25, -0.2) is 9.13 Å². The van der Waals surface area contributed by atoms with E-state index in [1.54, 1.807) is 35.4 Å². The summed E-state index contributed by atoms with van der Waals surface area (Å²) in [5.74, 6) is -1.11. The van der Waals surface area contributed by atoms with Crippen molar-refractivity contribution >= 4 is 44.6 Å². The number of aryl methyl sites for hydroxylation is 1. The number of carbonyl (C=O) groups is 1. The average molecular weight is 442 g/mol. The summed E-state index contributed by atoms with van der Waals surface area (Å²) >= 11 is 5.83. The molecule has 0 spiro atoms. The third-order valence-corrected chi connectivity index (χ3v) is 6.25. The lowest BCUT2D eigenvalue weighted by Gasteiger charge is -2.24. The molecule has 30 heavy (non-hydrogen) atoms. The number of nitrogens with zero attached hydrogens (tertiary/aromatic N) is 3. The Bertz CT molecular complexity index is 1320. The molecule has 7 nitrogen and oxygen atoms in total. The molecule has 0 aliphatic heterocycles. The Morgan fingerprint density at radius 2 is 1.77 bits per heavy atom. The van der Waals surface area contributed by atoms with E-state index in [4.69, 9.17) is 11.6 Å². The number of benzene rings is 2. The fraction of sp³-hybridized carbons (Fsp3) is 0.0952. The molecular formula is C21H16ClN3O4S. The second-order valence-corrected chi connectivity index (χ2v) is 8.61. The van der Waals surface area contributed by atoms with Crippen LogP contribution in [0.2, 0.25) is 5.02 Å². The minimum absolute atomic E-state index is 0.108. The van der Waals surface area contributed by atoms with E-state index >= 15 is 0 Å². The molecule has 0 unspecified atom stereocenters. The normalized spacial score (nSPS) is 15.5. The maximum atomic E-state index is 13.2. The number of carbonyl (C=O) groups excluding carboxylic acids is 1. The Kier molecular flexibility index (Phi) is 5.05. The summed E-state index contributed by atoms with van der Waals surface area (Å²) in [6, 6.07) is 11.7. The number of allylic oxidation sites excluding steroid dienone is 1. The van der Waals surface area contributed by atoms with Crippen LogP contribution in [0.1, 0.15) is 22.8 Å². The van der Waals surface area contributed by atoms with Crippen molar-refractivity contribution in [1.29, 1.82) is 0 Å². The molecule has 0 saturated carbocycles. The summed E-state index contributed by atoms with van der Waals surface area (Å²) < 4.78 is 32.8. The topological polar surface area (TPSA) is 95.4 Å². The van der Waals surface area contributed by atoms with Crippen molar-refractivity contribution in [3.05, 3.63) is 83.4 Å². The third-order valence-electron chi connectivity index (χ3n) is 4.71. The number of sulfonamides is 1. The SMILES string of the molecule is CC[n+]1ccn(C2=C([O-])c3ccccc3C(=O)C2=NS(=O)(=O)c2ccc(Cl)cc2)c1. The van der Waals surface area contributed by atoms with Gasteiger partial charge in [-0.2, -0.15) is 12.8 Å². The molecule has 1 heterocycles. The third kappa shape index (κ3) is 3.44. The lowest BCUT2D eigenvalue weighted by Crippen LogP contribution is -2.32. The van der Waals surface area contributed by atoms with Crippen molar-refractivity contribution in [2.24, 2.45) is 4.40 Å². The minimum atomic E-state index is -4.26. The van der Waals surface area contributed by atoms with Gasteiger partial charge < -0.3 is 5.11 Å². The van der Waals surface area contributed by atoms with E-state index in [9.17, 15) is 18.3 Å². The first kappa shape index (κ1) is 20.1. The molecule has 0 radical (unpaired) electrons. The largest absolute Gasteiger partial charge is 0.869 e. The van der Waals surface area contributed by atoms with Crippen LogP contribution in [0, 0.1) is 0 Å². The Balaban J connectivity index is 1.96. The zero-order valence-electron chi connectivity index (χ0n) is 15.8. The minimum Gasteiger partial charge on any atom is -0.869 e. The highest BCUT2D eigenvalue weighted by atomic mass is 35.5. The Hall–Kier alpha value is -3.23. The molecule has 0 bridgehead atoms. The van der Waals surface area contributed by atoms with Crippen LogP contribution in [0.15, 0.2) is 76.5 Å².